The summed E-state index contributed by atoms with van der Waals surface area (Å²) in [4.78, 5) is 0.146. The Labute approximate surface area is 136 Å². The highest BCUT2D eigenvalue weighted by Gasteiger charge is 2.33. The average Bonchev–Trinajstić information content (AvgIpc) is 2.43. The summed E-state index contributed by atoms with van der Waals surface area (Å²) in [6.07, 6.45) is 2.83. The van der Waals surface area contributed by atoms with E-state index in [0.29, 0.717) is 23.7 Å². The fourth-order valence-corrected chi connectivity index (χ4v) is 5.26. The van der Waals surface area contributed by atoms with Crippen LogP contribution in [0.2, 0.25) is 10.0 Å². The number of benzene rings is 1. The molecule has 0 amide bonds. The smallest absolute Gasteiger partial charge is 0.244 e. The molecule has 0 aliphatic carbocycles. The number of sulfonamides is 1. The summed E-state index contributed by atoms with van der Waals surface area (Å²) in [6.45, 7) is 2.91. The van der Waals surface area contributed by atoms with Crippen LogP contribution in [0.15, 0.2) is 17.0 Å². The summed E-state index contributed by atoms with van der Waals surface area (Å²) in [6, 6.07) is 3.10. The van der Waals surface area contributed by atoms with Gasteiger partial charge in [-0.25, -0.2) is 8.42 Å². The molecule has 0 radical (unpaired) electrons. The van der Waals surface area contributed by atoms with Gasteiger partial charge in [0.15, 0.2) is 0 Å². The molecule has 1 aliphatic rings. The third-order valence-electron chi connectivity index (χ3n) is 3.83. The molecular weight excluding hydrogens is 331 g/mol. The first-order valence-electron chi connectivity index (χ1n) is 7.03. The largest absolute Gasteiger partial charge is 0.316 e. The number of halogens is 2. The van der Waals surface area contributed by atoms with Crippen LogP contribution >= 0.6 is 23.2 Å². The predicted molar refractivity (Wildman–Crippen MR) is 86.4 cm³/mol. The maximum absolute atomic E-state index is 12.9. The first kappa shape index (κ1) is 17.0. The Hall–Kier alpha value is -0.330. The van der Waals surface area contributed by atoms with E-state index >= 15 is 0 Å². The molecule has 1 fully saturated rings. The zero-order chi connectivity index (χ0) is 15.6. The van der Waals surface area contributed by atoms with E-state index in [0.717, 1.165) is 19.3 Å². The lowest BCUT2D eigenvalue weighted by molar-refractivity contribution is 0.268. The molecule has 1 heterocycles. The Balaban J connectivity index is 2.47. The van der Waals surface area contributed by atoms with Crippen LogP contribution < -0.4 is 5.32 Å². The summed E-state index contributed by atoms with van der Waals surface area (Å²) in [5, 5.41) is 3.64. The second kappa shape index (κ2) is 6.84. The van der Waals surface area contributed by atoms with Crippen LogP contribution in [0.25, 0.3) is 0 Å². The average molecular weight is 351 g/mol. The van der Waals surface area contributed by atoms with Crippen molar-refractivity contribution in [3.63, 3.8) is 0 Å². The van der Waals surface area contributed by atoms with Crippen LogP contribution in [-0.4, -0.2) is 32.4 Å². The van der Waals surface area contributed by atoms with Gasteiger partial charge in [0.25, 0.3) is 0 Å². The normalized spacial score (nSPS) is 20.7. The van der Waals surface area contributed by atoms with Crippen LogP contribution in [0.5, 0.6) is 0 Å². The zero-order valence-electron chi connectivity index (χ0n) is 12.2. The standard InChI is InChI=1S/C14H20Cl2N2O2S/c1-10-5-3-4-8-18(10)21(19,20)13-7-6-12(15)11(9-17-2)14(13)16/h6-7,10,17H,3-5,8-9H2,1-2H3. The monoisotopic (exact) mass is 350 g/mol. The van der Waals surface area contributed by atoms with Gasteiger partial charge in [0.05, 0.1) is 5.02 Å². The molecule has 1 atom stereocenters. The van der Waals surface area contributed by atoms with Gasteiger partial charge >= 0.3 is 0 Å². The van der Waals surface area contributed by atoms with Gasteiger partial charge in [-0.1, -0.05) is 29.6 Å². The molecule has 1 aliphatic heterocycles. The van der Waals surface area contributed by atoms with Crippen molar-refractivity contribution in [1.82, 2.24) is 9.62 Å². The fourth-order valence-electron chi connectivity index (χ4n) is 2.67. The highest BCUT2D eigenvalue weighted by molar-refractivity contribution is 7.89. The SMILES string of the molecule is CNCc1c(Cl)ccc(S(=O)(=O)N2CCCCC2C)c1Cl. The fraction of sp³-hybridized carbons (Fsp3) is 0.571. The van der Waals surface area contributed by atoms with E-state index in [1.807, 2.05) is 6.92 Å². The van der Waals surface area contributed by atoms with Gasteiger partial charge < -0.3 is 5.32 Å². The molecule has 0 spiro atoms. The Morgan fingerprint density at radius 1 is 1.33 bits per heavy atom. The maximum atomic E-state index is 12.9. The summed E-state index contributed by atoms with van der Waals surface area (Å²) < 4.78 is 27.3. The minimum absolute atomic E-state index is 0.00300. The van der Waals surface area contributed by atoms with E-state index in [1.165, 1.54) is 6.07 Å². The third-order valence-corrected chi connectivity index (χ3v) is 6.79. The van der Waals surface area contributed by atoms with Crippen molar-refractivity contribution < 1.29 is 8.42 Å². The second-order valence-corrected chi connectivity index (χ2v) is 7.97. The molecule has 0 aromatic heterocycles. The van der Waals surface area contributed by atoms with Crippen molar-refractivity contribution in [2.24, 2.45) is 0 Å². The first-order chi connectivity index (χ1) is 9.89. The number of nitrogens with one attached hydrogen (secondary N) is 1. The summed E-state index contributed by atoms with van der Waals surface area (Å²) in [5.41, 5.74) is 0.617. The van der Waals surface area contributed by atoms with Gasteiger partial charge in [0, 0.05) is 29.7 Å². The zero-order valence-corrected chi connectivity index (χ0v) is 14.5. The maximum Gasteiger partial charge on any atom is 0.244 e. The highest BCUT2D eigenvalue weighted by atomic mass is 35.5. The predicted octanol–water partition coefficient (Wildman–Crippen LogP) is 3.28. The minimum Gasteiger partial charge on any atom is -0.316 e. The van der Waals surface area contributed by atoms with Crippen molar-refractivity contribution >= 4 is 33.2 Å². The molecule has 7 heteroatoms. The van der Waals surface area contributed by atoms with Gasteiger partial charge in [-0.2, -0.15) is 4.31 Å². The van der Waals surface area contributed by atoms with Crippen LogP contribution in [0.4, 0.5) is 0 Å². The molecule has 1 saturated heterocycles. The molecule has 0 bridgehead atoms. The van der Waals surface area contributed by atoms with Gasteiger partial charge in [-0.05, 0) is 38.9 Å². The number of rotatable bonds is 4. The van der Waals surface area contributed by atoms with E-state index in [1.54, 1.807) is 17.4 Å². The highest BCUT2D eigenvalue weighted by Crippen LogP contribution is 2.34. The van der Waals surface area contributed by atoms with E-state index in [9.17, 15) is 8.42 Å². The second-order valence-electron chi connectivity index (χ2n) is 5.33. The molecule has 1 aromatic rings. The minimum atomic E-state index is -3.58. The van der Waals surface area contributed by atoms with E-state index < -0.39 is 10.0 Å². The third kappa shape index (κ3) is 3.37. The van der Waals surface area contributed by atoms with Gasteiger partial charge in [0.1, 0.15) is 4.90 Å². The molecule has 21 heavy (non-hydrogen) atoms. The number of hydrogen-bond acceptors (Lipinski definition) is 3. The van der Waals surface area contributed by atoms with E-state index in [2.05, 4.69) is 5.32 Å². The molecule has 118 valence electrons. The molecule has 0 saturated carbocycles. The molecule has 1 aromatic carbocycles. The molecule has 4 nitrogen and oxygen atoms in total. The molecule has 1 unspecified atom stereocenters. The van der Waals surface area contributed by atoms with E-state index in [4.69, 9.17) is 23.2 Å². The van der Waals surface area contributed by atoms with Crippen molar-refractivity contribution in [2.45, 2.75) is 43.7 Å². The van der Waals surface area contributed by atoms with Crippen molar-refractivity contribution in [2.75, 3.05) is 13.6 Å². The first-order valence-corrected chi connectivity index (χ1v) is 9.22. The summed E-state index contributed by atoms with van der Waals surface area (Å²) in [7, 11) is -1.82. The molecule has 2 rings (SSSR count). The van der Waals surface area contributed by atoms with Crippen molar-refractivity contribution in [3.05, 3.63) is 27.7 Å². The number of piperidine rings is 1. The topological polar surface area (TPSA) is 49.4 Å². The van der Waals surface area contributed by atoms with Crippen LogP contribution in [0, 0.1) is 0 Å². The lowest BCUT2D eigenvalue weighted by Gasteiger charge is -2.32. The summed E-state index contributed by atoms with van der Waals surface area (Å²) >= 11 is 12.4. The Kier molecular flexibility index (Phi) is 5.54. The van der Waals surface area contributed by atoms with Gasteiger partial charge in [-0.3, -0.25) is 0 Å². The molecular formula is C14H20Cl2N2O2S. The van der Waals surface area contributed by atoms with Gasteiger partial charge in [0.2, 0.25) is 10.0 Å². The quantitative estimate of drug-likeness (QED) is 0.906. The number of hydrogen-bond donors (Lipinski definition) is 1. The lowest BCUT2D eigenvalue weighted by atomic mass is 10.1. The van der Waals surface area contributed by atoms with Crippen LogP contribution in [0.1, 0.15) is 31.7 Å². The molecule has 1 N–H and O–H groups in total. The van der Waals surface area contributed by atoms with Crippen molar-refractivity contribution in [1.29, 1.82) is 0 Å². The van der Waals surface area contributed by atoms with Crippen LogP contribution in [-0.2, 0) is 16.6 Å². The van der Waals surface area contributed by atoms with Crippen molar-refractivity contribution in [3.8, 4) is 0 Å². The lowest BCUT2D eigenvalue weighted by Crippen LogP contribution is -2.42. The summed E-state index contributed by atoms with van der Waals surface area (Å²) in [5.74, 6) is 0. The Morgan fingerprint density at radius 2 is 2.05 bits per heavy atom. The number of nitrogens with zero attached hydrogens (tertiary/aromatic N) is 1. The van der Waals surface area contributed by atoms with Crippen LogP contribution in [0.3, 0.4) is 0 Å². The Morgan fingerprint density at radius 3 is 2.67 bits per heavy atom. The van der Waals surface area contributed by atoms with Gasteiger partial charge in [-0.15, -0.1) is 0 Å². The Bertz CT molecular complexity index is 620. The van der Waals surface area contributed by atoms with E-state index in [-0.39, 0.29) is 16.0 Å².